The number of hydrogen-bond donors (Lipinski definition) is 1. The number of nitrogens with zero attached hydrogens (tertiary/aromatic N) is 4. The van der Waals surface area contributed by atoms with Crippen molar-refractivity contribution >= 4 is 34.6 Å². The second kappa shape index (κ2) is 10.5. The highest BCUT2D eigenvalue weighted by atomic mass is 32.2. The Morgan fingerprint density at radius 2 is 1.89 bits per heavy atom. The number of rotatable bonds is 8. The Morgan fingerprint density at radius 3 is 2.69 bits per heavy atom. The van der Waals surface area contributed by atoms with Gasteiger partial charge in [0, 0.05) is 18.5 Å². The van der Waals surface area contributed by atoms with Gasteiger partial charge in [0.05, 0.1) is 30.7 Å². The molecule has 4 aromatic rings. The Kier molecular flexibility index (Phi) is 7.06. The number of benzene rings is 2. The number of amides is 1. The van der Waals surface area contributed by atoms with Crippen LogP contribution in [0.25, 0.3) is 16.7 Å². The van der Waals surface area contributed by atoms with Crippen LogP contribution in [0.1, 0.15) is 31.2 Å². The van der Waals surface area contributed by atoms with Gasteiger partial charge in [0.25, 0.3) is 0 Å². The molecule has 182 valence electrons. The van der Waals surface area contributed by atoms with Gasteiger partial charge in [-0.3, -0.25) is 9.36 Å². The maximum atomic E-state index is 12.8. The minimum atomic E-state index is -0.238. The van der Waals surface area contributed by atoms with Crippen molar-refractivity contribution in [3.63, 3.8) is 0 Å². The molecule has 1 amide bonds. The van der Waals surface area contributed by atoms with Crippen LogP contribution in [0, 0.1) is 0 Å². The van der Waals surface area contributed by atoms with Crippen LogP contribution in [-0.2, 0) is 16.0 Å². The maximum absolute atomic E-state index is 12.8. The van der Waals surface area contributed by atoms with Gasteiger partial charge in [0.2, 0.25) is 11.9 Å². The summed E-state index contributed by atoms with van der Waals surface area (Å²) in [5.41, 5.74) is 3.06. The lowest BCUT2D eigenvalue weighted by molar-refractivity contribution is -0.119. The quantitative estimate of drug-likeness (QED) is 0.366. The first-order valence-corrected chi connectivity index (χ1v) is 12.9. The van der Waals surface area contributed by atoms with Gasteiger partial charge in [-0.15, -0.1) is 10.2 Å². The molecular weight excluding hydrogens is 462 g/mol. The van der Waals surface area contributed by atoms with Crippen molar-refractivity contribution in [3.05, 3.63) is 65.9 Å². The van der Waals surface area contributed by atoms with Crippen LogP contribution >= 0.6 is 11.8 Å². The second-order valence-corrected chi connectivity index (χ2v) is 9.41. The largest absolute Gasteiger partial charge is 0.459 e. The lowest BCUT2D eigenvalue weighted by Gasteiger charge is -2.28. The van der Waals surface area contributed by atoms with Gasteiger partial charge in [-0.1, -0.05) is 55.1 Å². The topological polar surface area (TPSA) is 85.4 Å². The smallest absolute Gasteiger partial charge is 0.232 e. The van der Waals surface area contributed by atoms with Crippen LogP contribution in [0.15, 0.2) is 64.2 Å². The number of aromatic nitrogens is 3. The zero-order valence-electron chi connectivity index (χ0n) is 19.9. The number of anilines is 1. The number of carbonyl (C=O) groups excluding carboxylic acids is 1. The summed E-state index contributed by atoms with van der Waals surface area (Å²) in [5, 5.41) is 13.8. The van der Waals surface area contributed by atoms with Crippen LogP contribution < -0.4 is 10.2 Å². The monoisotopic (exact) mass is 491 g/mol. The fraction of sp³-hybridized carbons (Fsp3) is 0.346. The molecule has 0 spiro atoms. The van der Waals surface area contributed by atoms with Gasteiger partial charge in [-0.2, -0.15) is 0 Å². The Hall–Kier alpha value is -3.30. The van der Waals surface area contributed by atoms with Gasteiger partial charge >= 0.3 is 0 Å². The summed E-state index contributed by atoms with van der Waals surface area (Å²) in [6.07, 6.45) is 0.885. The molecular formula is C26H29N5O3S. The van der Waals surface area contributed by atoms with Gasteiger partial charge in [-0.05, 0) is 37.1 Å². The van der Waals surface area contributed by atoms with Crippen molar-refractivity contribution in [2.24, 2.45) is 0 Å². The highest BCUT2D eigenvalue weighted by Crippen LogP contribution is 2.30. The number of furan rings is 1. The number of morpholine rings is 1. The van der Waals surface area contributed by atoms with Gasteiger partial charge in [0.15, 0.2) is 5.16 Å². The average molecular weight is 492 g/mol. The zero-order chi connectivity index (χ0) is 24.2. The van der Waals surface area contributed by atoms with Gasteiger partial charge in [-0.25, -0.2) is 0 Å². The fourth-order valence-corrected chi connectivity index (χ4v) is 5.01. The predicted octanol–water partition coefficient (Wildman–Crippen LogP) is 4.38. The number of ether oxygens (including phenoxy) is 1. The number of fused-ring (bicyclic) bond motifs is 1. The lowest BCUT2D eigenvalue weighted by Crippen LogP contribution is -2.38. The van der Waals surface area contributed by atoms with Crippen molar-refractivity contribution in [1.82, 2.24) is 20.1 Å². The van der Waals surface area contributed by atoms with Crippen molar-refractivity contribution in [3.8, 4) is 5.69 Å². The highest BCUT2D eigenvalue weighted by Gasteiger charge is 2.24. The molecule has 1 fully saturated rings. The van der Waals surface area contributed by atoms with E-state index in [0.717, 1.165) is 47.9 Å². The van der Waals surface area contributed by atoms with Crippen molar-refractivity contribution < 1.29 is 13.9 Å². The third-order valence-electron chi connectivity index (χ3n) is 6.10. The van der Waals surface area contributed by atoms with E-state index < -0.39 is 0 Å². The van der Waals surface area contributed by atoms with Crippen LogP contribution in [0.4, 0.5) is 5.95 Å². The molecule has 1 atom stereocenters. The van der Waals surface area contributed by atoms with Crippen LogP contribution in [0.3, 0.4) is 0 Å². The Balaban J connectivity index is 1.33. The first-order valence-electron chi connectivity index (χ1n) is 11.9. The summed E-state index contributed by atoms with van der Waals surface area (Å²) in [4.78, 5) is 15.0. The van der Waals surface area contributed by atoms with Crippen molar-refractivity contribution in [2.75, 3.05) is 37.0 Å². The molecule has 1 unspecified atom stereocenters. The molecule has 0 saturated carbocycles. The fourth-order valence-electron chi connectivity index (χ4n) is 4.26. The van der Waals surface area contributed by atoms with Crippen molar-refractivity contribution in [1.29, 1.82) is 0 Å². The number of thioether (sulfide) groups is 1. The SMILES string of the molecule is CCc1ccccc1-n1c(SCC(=O)NC(C)c2cc3ccccc3o2)nnc1N1CCOCC1. The number of hydrogen-bond acceptors (Lipinski definition) is 7. The first kappa shape index (κ1) is 23.4. The molecule has 1 aliphatic rings. The first-order chi connectivity index (χ1) is 17.1. The molecule has 3 heterocycles. The summed E-state index contributed by atoms with van der Waals surface area (Å²) < 4.78 is 13.5. The molecule has 0 radical (unpaired) electrons. The third kappa shape index (κ3) is 5.06. The summed E-state index contributed by atoms with van der Waals surface area (Å²) in [6, 6.07) is 17.8. The average Bonchev–Trinajstić information content (AvgIpc) is 3.52. The molecule has 1 N–H and O–H groups in total. The summed E-state index contributed by atoms with van der Waals surface area (Å²) in [6.45, 7) is 6.90. The highest BCUT2D eigenvalue weighted by molar-refractivity contribution is 7.99. The van der Waals surface area contributed by atoms with E-state index in [0.29, 0.717) is 18.4 Å². The molecule has 2 aromatic heterocycles. The molecule has 1 saturated heterocycles. The Labute approximate surface area is 208 Å². The van der Waals surface area contributed by atoms with Gasteiger partial charge < -0.3 is 19.4 Å². The zero-order valence-corrected chi connectivity index (χ0v) is 20.8. The predicted molar refractivity (Wildman–Crippen MR) is 137 cm³/mol. The molecule has 8 nitrogen and oxygen atoms in total. The molecule has 0 bridgehead atoms. The standard InChI is InChI=1S/C26H29N5O3S/c1-3-19-8-4-6-10-21(19)31-25(30-12-14-33-15-13-30)28-29-26(31)35-17-24(32)27-18(2)23-16-20-9-5-7-11-22(20)34-23/h4-11,16,18H,3,12-15,17H2,1-2H3,(H,27,32). The molecule has 0 aliphatic carbocycles. The maximum Gasteiger partial charge on any atom is 0.232 e. The molecule has 1 aliphatic heterocycles. The van der Waals surface area contributed by atoms with Gasteiger partial charge in [0.1, 0.15) is 11.3 Å². The number of nitrogens with one attached hydrogen (secondary N) is 1. The molecule has 5 rings (SSSR count). The van der Waals surface area contributed by atoms with E-state index in [1.807, 2.05) is 49.4 Å². The lowest BCUT2D eigenvalue weighted by atomic mass is 10.1. The van der Waals surface area contributed by atoms with E-state index in [1.54, 1.807) is 0 Å². The molecule has 9 heteroatoms. The van der Waals surface area contributed by atoms with E-state index in [1.165, 1.54) is 17.3 Å². The molecule has 35 heavy (non-hydrogen) atoms. The number of aryl methyl sites for hydroxylation is 1. The summed E-state index contributed by atoms with van der Waals surface area (Å²) in [7, 11) is 0. The summed E-state index contributed by atoms with van der Waals surface area (Å²) in [5.74, 6) is 1.65. The van der Waals surface area contributed by atoms with E-state index in [2.05, 4.69) is 44.0 Å². The number of carbonyl (C=O) groups is 1. The van der Waals surface area contributed by atoms with Crippen LogP contribution in [0.2, 0.25) is 0 Å². The normalized spacial score (nSPS) is 14.9. The van der Waals surface area contributed by atoms with E-state index in [9.17, 15) is 4.79 Å². The second-order valence-electron chi connectivity index (χ2n) is 8.46. The third-order valence-corrected chi connectivity index (χ3v) is 7.03. The number of para-hydroxylation sites is 2. The van der Waals surface area contributed by atoms with Crippen molar-refractivity contribution in [2.45, 2.75) is 31.5 Å². The Bertz CT molecular complexity index is 1280. The molecule has 2 aromatic carbocycles. The van der Waals surface area contributed by atoms with Crippen LogP contribution in [-0.4, -0.2) is 52.7 Å². The van der Waals surface area contributed by atoms with E-state index in [-0.39, 0.29) is 17.7 Å². The minimum absolute atomic E-state index is 0.0887. The Morgan fingerprint density at radius 1 is 1.11 bits per heavy atom. The van der Waals surface area contributed by atoms with E-state index >= 15 is 0 Å². The van der Waals surface area contributed by atoms with E-state index in [4.69, 9.17) is 9.15 Å². The summed E-state index contributed by atoms with van der Waals surface area (Å²) >= 11 is 1.38. The minimum Gasteiger partial charge on any atom is -0.459 e. The van der Waals surface area contributed by atoms with Crippen LogP contribution in [0.5, 0.6) is 0 Å².